The fraction of sp³-hybridized carbons (Fsp3) is 0.208. The van der Waals surface area contributed by atoms with Crippen molar-refractivity contribution in [3.05, 3.63) is 77.9 Å². The highest BCUT2D eigenvalue weighted by Gasteiger charge is 2.21. The van der Waals surface area contributed by atoms with Crippen LogP contribution in [-0.2, 0) is 16.0 Å². The molecule has 31 heavy (non-hydrogen) atoms. The molecule has 7 nitrogen and oxygen atoms in total. The number of amides is 2. The Morgan fingerprint density at radius 2 is 1.71 bits per heavy atom. The molecule has 1 atom stereocenters. The molecule has 0 spiro atoms. The third-order valence-corrected chi connectivity index (χ3v) is 4.68. The first-order valence-corrected chi connectivity index (χ1v) is 9.98. The molecule has 0 unspecified atom stereocenters. The molecule has 7 heteroatoms. The fourth-order valence-corrected chi connectivity index (χ4v) is 3.20. The van der Waals surface area contributed by atoms with E-state index >= 15 is 0 Å². The van der Waals surface area contributed by atoms with Crippen LogP contribution >= 0.6 is 0 Å². The third kappa shape index (κ3) is 5.82. The summed E-state index contributed by atoms with van der Waals surface area (Å²) in [7, 11) is 1.62. The molecule has 2 N–H and O–H groups in total. The van der Waals surface area contributed by atoms with Gasteiger partial charge >= 0.3 is 6.09 Å². The summed E-state index contributed by atoms with van der Waals surface area (Å²) in [6, 6.07) is 20.1. The second kappa shape index (κ2) is 10.8. The molecule has 2 amide bonds. The number of fused-ring (bicyclic) bond motifs is 1. The first-order valence-electron chi connectivity index (χ1n) is 9.98. The van der Waals surface area contributed by atoms with Crippen molar-refractivity contribution in [1.82, 2.24) is 10.7 Å². The van der Waals surface area contributed by atoms with E-state index in [9.17, 15) is 9.59 Å². The Morgan fingerprint density at radius 3 is 2.42 bits per heavy atom. The quantitative estimate of drug-likeness (QED) is 0.431. The summed E-state index contributed by atoms with van der Waals surface area (Å²) < 4.78 is 10.3. The molecule has 0 aliphatic rings. The van der Waals surface area contributed by atoms with Crippen LogP contribution in [0, 0.1) is 0 Å². The van der Waals surface area contributed by atoms with Crippen molar-refractivity contribution in [2.24, 2.45) is 5.10 Å². The number of hydrogen-bond donors (Lipinski definition) is 2. The molecule has 3 rings (SSSR count). The van der Waals surface area contributed by atoms with Crippen molar-refractivity contribution in [3.8, 4) is 5.75 Å². The van der Waals surface area contributed by atoms with E-state index in [1.807, 2.05) is 66.7 Å². The van der Waals surface area contributed by atoms with Gasteiger partial charge in [-0.05, 0) is 30.0 Å². The Bertz CT molecular complexity index is 1070. The molecule has 0 saturated heterocycles. The topological polar surface area (TPSA) is 89.0 Å². The average molecular weight is 419 g/mol. The van der Waals surface area contributed by atoms with Crippen LogP contribution in [0.1, 0.15) is 18.1 Å². The number of alkyl carbamates (subject to hydrolysis) is 1. The molecular formula is C24H25N3O4. The predicted octanol–water partition coefficient (Wildman–Crippen LogP) is 3.66. The minimum Gasteiger partial charge on any atom is -0.496 e. The van der Waals surface area contributed by atoms with Gasteiger partial charge in [-0.2, -0.15) is 5.10 Å². The Hall–Kier alpha value is -3.87. The van der Waals surface area contributed by atoms with Crippen LogP contribution in [0.4, 0.5) is 4.79 Å². The van der Waals surface area contributed by atoms with Crippen molar-refractivity contribution < 1.29 is 19.1 Å². The summed E-state index contributed by atoms with van der Waals surface area (Å²) in [4.78, 5) is 24.6. The number of nitrogens with zero attached hydrogens (tertiary/aromatic N) is 1. The Kier molecular flexibility index (Phi) is 7.59. The highest BCUT2D eigenvalue weighted by atomic mass is 16.5. The maximum Gasteiger partial charge on any atom is 0.407 e. The van der Waals surface area contributed by atoms with Gasteiger partial charge in [-0.15, -0.1) is 0 Å². The summed E-state index contributed by atoms with van der Waals surface area (Å²) in [5, 5.41) is 8.60. The van der Waals surface area contributed by atoms with Crippen LogP contribution in [0.25, 0.3) is 10.8 Å². The lowest BCUT2D eigenvalue weighted by molar-refractivity contribution is -0.123. The normalized spacial score (nSPS) is 11.8. The Morgan fingerprint density at radius 1 is 1.00 bits per heavy atom. The maximum atomic E-state index is 12.7. The van der Waals surface area contributed by atoms with E-state index in [1.54, 1.807) is 20.2 Å². The second-order valence-corrected chi connectivity index (χ2v) is 6.74. The van der Waals surface area contributed by atoms with Gasteiger partial charge in [-0.1, -0.05) is 54.6 Å². The van der Waals surface area contributed by atoms with Crippen molar-refractivity contribution >= 4 is 29.0 Å². The first-order chi connectivity index (χ1) is 15.1. The number of nitrogens with one attached hydrogen (secondary N) is 2. The molecule has 0 aliphatic carbocycles. The van der Waals surface area contributed by atoms with Crippen LogP contribution in [0.5, 0.6) is 5.75 Å². The van der Waals surface area contributed by atoms with Gasteiger partial charge in [0.15, 0.2) is 0 Å². The van der Waals surface area contributed by atoms with E-state index in [2.05, 4.69) is 15.8 Å². The molecule has 0 saturated carbocycles. The van der Waals surface area contributed by atoms with Crippen LogP contribution in [-0.4, -0.2) is 38.0 Å². The standard InChI is InChI=1S/C24H25N3O4/c1-3-31-24(29)26-21(15-17-9-5-4-6-10-17)23(28)27-25-16-18-13-14-22(30-2)20-12-8-7-11-19(18)20/h4-14,16,21H,3,15H2,1-2H3,(H,26,29)(H,27,28)/b25-16-/t21-/m1/s1. The van der Waals surface area contributed by atoms with Crippen LogP contribution in [0.15, 0.2) is 71.8 Å². The fourth-order valence-electron chi connectivity index (χ4n) is 3.20. The number of methoxy groups -OCH3 is 1. The first kappa shape index (κ1) is 21.8. The molecule has 0 aromatic heterocycles. The molecule has 0 heterocycles. The zero-order valence-corrected chi connectivity index (χ0v) is 17.5. The smallest absolute Gasteiger partial charge is 0.407 e. The van der Waals surface area contributed by atoms with E-state index in [0.717, 1.165) is 27.6 Å². The van der Waals surface area contributed by atoms with E-state index in [-0.39, 0.29) is 6.61 Å². The maximum absolute atomic E-state index is 12.7. The summed E-state index contributed by atoms with van der Waals surface area (Å²) in [5.74, 6) is 0.323. The van der Waals surface area contributed by atoms with Crippen molar-refractivity contribution in [3.63, 3.8) is 0 Å². The van der Waals surface area contributed by atoms with Crippen LogP contribution in [0.3, 0.4) is 0 Å². The number of benzene rings is 3. The number of ether oxygens (including phenoxy) is 2. The number of carbonyl (C=O) groups excluding carboxylic acids is 2. The number of rotatable bonds is 8. The lowest BCUT2D eigenvalue weighted by atomic mass is 10.0. The van der Waals surface area contributed by atoms with E-state index < -0.39 is 18.0 Å². The van der Waals surface area contributed by atoms with Crippen LogP contribution in [0.2, 0.25) is 0 Å². The van der Waals surface area contributed by atoms with Gasteiger partial charge in [0.05, 0.1) is 19.9 Å². The summed E-state index contributed by atoms with van der Waals surface area (Å²) >= 11 is 0. The molecule has 0 bridgehead atoms. The van der Waals surface area contributed by atoms with Gasteiger partial charge in [0, 0.05) is 17.4 Å². The van der Waals surface area contributed by atoms with Crippen LogP contribution < -0.4 is 15.5 Å². The molecular weight excluding hydrogens is 394 g/mol. The van der Waals surface area contributed by atoms with Gasteiger partial charge in [0.2, 0.25) is 0 Å². The van der Waals surface area contributed by atoms with Gasteiger partial charge < -0.3 is 14.8 Å². The number of carbonyl (C=O) groups is 2. The lowest BCUT2D eigenvalue weighted by Crippen LogP contribution is -2.47. The zero-order valence-electron chi connectivity index (χ0n) is 17.5. The van der Waals surface area contributed by atoms with E-state index in [0.29, 0.717) is 6.42 Å². The molecule has 3 aromatic rings. The predicted molar refractivity (Wildman–Crippen MR) is 120 cm³/mol. The highest BCUT2D eigenvalue weighted by molar-refractivity contribution is 6.02. The van der Waals surface area contributed by atoms with Gasteiger partial charge in [-0.25, -0.2) is 10.2 Å². The number of hydrogen-bond acceptors (Lipinski definition) is 5. The van der Waals surface area contributed by atoms with Gasteiger partial charge in [-0.3, -0.25) is 4.79 Å². The summed E-state index contributed by atoms with van der Waals surface area (Å²) in [6.45, 7) is 1.92. The van der Waals surface area contributed by atoms with Gasteiger partial charge in [0.25, 0.3) is 5.91 Å². The molecule has 0 aliphatic heterocycles. The molecule has 3 aromatic carbocycles. The van der Waals surface area contributed by atoms with E-state index in [4.69, 9.17) is 9.47 Å². The number of hydrazone groups is 1. The van der Waals surface area contributed by atoms with Crippen molar-refractivity contribution in [2.75, 3.05) is 13.7 Å². The monoisotopic (exact) mass is 419 g/mol. The summed E-state index contributed by atoms with van der Waals surface area (Å²) in [5.41, 5.74) is 4.26. The average Bonchev–Trinajstić information content (AvgIpc) is 2.79. The van der Waals surface area contributed by atoms with Gasteiger partial charge in [0.1, 0.15) is 11.8 Å². The molecule has 160 valence electrons. The lowest BCUT2D eigenvalue weighted by Gasteiger charge is -2.17. The van der Waals surface area contributed by atoms with E-state index in [1.165, 1.54) is 0 Å². The Labute approximate surface area is 181 Å². The minimum absolute atomic E-state index is 0.216. The Balaban J connectivity index is 1.74. The highest BCUT2D eigenvalue weighted by Crippen LogP contribution is 2.27. The SMILES string of the molecule is CCOC(=O)N[C@H](Cc1ccccc1)C(=O)N/N=C\c1ccc(OC)c2ccccc12. The molecule has 0 radical (unpaired) electrons. The molecule has 0 fully saturated rings. The zero-order chi connectivity index (χ0) is 22.1. The largest absolute Gasteiger partial charge is 0.496 e. The summed E-state index contributed by atoms with van der Waals surface area (Å²) in [6.07, 6.45) is 1.24. The third-order valence-electron chi connectivity index (χ3n) is 4.68. The second-order valence-electron chi connectivity index (χ2n) is 6.74. The minimum atomic E-state index is -0.828. The van der Waals surface area contributed by atoms with Crippen molar-refractivity contribution in [2.45, 2.75) is 19.4 Å². The van der Waals surface area contributed by atoms with Crippen molar-refractivity contribution in [1.29, 1.82) is 0 Å².